The monoisotopic (exact) mass is 372 g/mol. The molecule has 0 bridgehead atoms. The van der Waals surface area contributed by atoms with Gasteiger partial charge in [0.15, 0.2) is 0 Å². The highest BCUT2D eigenvalue weighted by molar-refractivity contribution is 7.16. The summed E-state index contributed by atoms with van der Waals surface area (Å²) in [7, 11) is 1.61. The fourth-order valence-corrected chi connectivity index (χ4v) is 4.90. The number of thiophene rings is 1. The molecule has 1 amide bonds. The minimum absolute atomic E-state index is 0.124. The fraction of sp³-hybridized carbons (Fsp3) is 0.476. The number of fused-ring (bicyclic) bond motifs is 1. The Labute approximate surface area is 159 Å². The van der Waals surface area contributed by atoms with E-state index in [-0.39, 0.29) is 5.91 Å². The number of nitrogens with one attached hydrogen (secondary N) is 1. The molecule has 1 heterocycles. The number of benzene rings is 1. The Morgan fingerprint density at radius 3 is 2.88 bits per heavy atom. The van der Waals surface area contributed by atoms with Crippen LogP contribution in [0.25, 0.3) is 0 Å². The van der Waals surface area contributed by atoms with E-state index < -0.39 is 0 Å². The summed E-state index contributed by atoms with van der Waals surface area (Å²) in [6.07, 6.45) is 4.23. The van der Waals surface area contributed by atoms with Gasteiger partial charge in [0.2, 0.25) is 0 Å². The van der Waals surface area contributed by atoms with Crippen LogP contribution < -0.4 is 15.8 Å². The zero-order valence-corrected chi connectivity index (χ0v) is 16.8. The predicted molar refractivity (Wildman–Crippen MR) is 109 cm³/mol. The first-order valence-corrected chi connectivity index (χ1v) is 10.0. The number of carbonyl (C=O) groups is 1. The van der Waals surface area contributed by atoms with Crippen LogP contribution >= 0.6 is 11.3 Å². The van der Waals surface area contributed by atoms with Crippen LogP contribution in [0, 0.1) is 11.3 Å². The quantitative estimate of drug-likeness (QED) is 0.764. The van der Waals surface area contributed by atoms with Crippen molar-refractivity contribution in [3.8, 4) is 5.75 Å². The van der Waals surface area contributed by atoms with Crippen molar-refractivity contribution >= 4 is 27.9 Å². The van der Waals surface area contributed by atoms with Gasteiger partial charge in [-0.05, 0) is 48.3 Å². The average Bonchev–Trinajstić information content (AvgIpc) is 2.96. The molecule has 0 aliphatic heterocycles. The molecule has 3 N–H and O–H groups in total. The van der Waals surface area contributed by atoms with Gasteiger partial charge in [0, 0.05) is 16.6 Å². The van der Waals surface area contributed by atoms with Gasteiger partial charge in [0.1, 0.15) is 5.75 Å². The van der Waals surface area contributed by atoms with Gasteiger partial charge < -0.3 is 15.8 Å². The maximum Gasteiger partial charge on any atom is 0.258 e. The molecular weight excluding hydrogens is 344 g/mol. The van der Waals surface area contributed by atoms with Crippen molar-refractivity contribution in [2.75, 3.05) is 18.2 Å². The van der Waals surface area contributed by atoms with E-state index in [1.54, 1.807) is 18.4 Å². The Morgan fingerprint density at radius 2 is 2.19 bits per heavy atom. The number of ether oxygens (including phenoxy) is 1. The van der Waals surface area contributed by atoms with Gasteiger partial charge in [0.05, 0.1) is 17.7 Å². The largest absolute Gasteiger partial charge is 0.497 e. The number of rotatable bonds is 5. The Balaban J connectivity index is 1.83. The highest BCUT2D eigenvalue weighted by Gasteiger charge is 2.34. The molecule has 3 rings (SSSR count). The zero-order chi connectivity index (χ0) is 18.9. The molecule has 1 aromatic carbocycles. The van der Waals surface area contributed by atoms with Gasteiger partial charge in [-0.3, -0.25) is 4.79 Å². The van der Waals surface area contributed by atoms with Crippen LogP contribution in [-0.4, -0.2) is 13.0 Å². The molecule has 0 fully saturated rings. The molecule has 1 atom stereocenters. The van der Waals surface area contributed by atoms with Crippen molar-refractivity contribution in [3.63, 3.8) is 0 Å². The summed E-state index contributed by atoms with van der Waals surface area (Å²) >= 11 is 1.59. The lowest BCUT2D eigenvalue weighted by Crippen LogP contribution is -2.29. The topological polar surface area (TPSA) is 64.4 Å². The normalized spacial score (nSPS) is 16.8. The number of hydrogen-bond donors (Lipinski definition) is 2. The van der Waals surface area contributed by atoms with E-state index in [2.05, 4.69) is 26.1 Å². The molecule has 0 spiro atoms. The maximum atomic E-state index is 12.9. The molecule has 0 saturated carbocycles. The molecule has 2 aromatic rings. The Bertz CT molecular complexity index is 810. The van der Waals surface area contributed by atoms with Crippen molar-refractivity contribution < 1.29 is 9.53 Å². The van der Waals surface area contributed by atoms with Gasteiger partial charge >= 0.3 is 0 Å². The van der Waals surface area contributed by atoms with Crippen LogP contribution in [0.5, 0.6) is 5.75 Å². The molecular formula is C21H28N2O2S. The highest BCUT2D eigenvalue weighted by Crippen LogP contribution is 2.44. The molecule has 5 heteroatoms. The van der Waals surface area contributed by atoms with Crippen molar-refractivity contribution in [1.29, 1.82) is 0 Å². The molecule has 26 heavy (non-hydrogen) atoms. The molecule has 1 aromatic heterocycles. The number of methoxy groups -OCH3 is 1. The van der Waals surface area contributed by atoms with Gasteiger partial charge in [-0.2, -0.15) is 0 Å². The summed E-state index contributed by atoms with van der Waals surface area (Å²) < 4.78 is 5.22. The second kappa shape index (κ2) is 7.31. The summed E-state index contributed by atoms with van der Waals surface area (Å²) in [5.74, 6) is 1.24. The standard InChI is InChI=1S/C21H28N2O2S/c1-5-21(2,3)13-9-10-16-17(11-13)26-19(22)18(16)20(24)23-14-7-6-8-15(12-14)25-4/h6-8,12-13H,5,9-11,22H2,1-4H3,(H,23,24)/t13-/m1/s1. The lowest BCUT2D eigenvalue weighted by atomic mass is 9.69. The first-order valence-electron chi connectivity index (χ1n) is 9.21. The Kier molecular flexibility index (Phi) is 5.28. The van der Waals surface area contributed by atoms with Crippen LogP contribution in [0.4, 0.5) is 10.7 Å². The maximum absolute atomic E-state index is 12.9. The molecule has 0 radical (unpaired) electrons. The Morgan fingerprint density at radius 1 is 1.42 bits per heavy atom. The average molecular weight is 373 g/mol. The zero-order valence-electron chi connectivity index (χ0n) is 16.0. The minimum Gasteiger partial charge on any atom is -0.497 e. The third-order valence-corrected chi connectivity index (χ3v) is 6.95. The van der Waals surface area contributed by atoms with E-state index in [1.165, 1.54) is 4.88 Å². The lowest BCUT2D eigenvalue weighted by Gasteiger charge is -2.36. The summed E-state index contributed by atoms with van der Waals surface area (Å²) in [4.78, 5) is 14.2. The van der Waals surface area contributed by atoms with E-state index in [0.29, 0.717) is 27.6 Å². The fourth-order valence-electron chi connectivity index (χ4n) is 3.71. The number of hydrogen-bond acceptors (Lipinski definition) is 4. The van der Waals surface area contributed by atoms with E-state index >= 15 is 0 Å². The van der Waals surface area contributed by atoms with Crippen LogP contribution in [0.1, 0.15) is 54.4 Å². The third kappa shape index (κ3) is 3.58. The van der Waals surface area contributed by atoms with Gasteiger partial charge in [0.25, 0.3) is 5.91 Å². The Hall–Kier alpha value is -2.01. The van der Waals surface area contributed by atoms with Crippen molar-refractivity contribution in [1.82, 2.24) is 0 Å². The molecule has 0 saturated heterocycles. The highest BCUT2D eigenvalue weighted by atomic mass is 32.1. The molecule has 4 nitrogen and oxygen atoms in total. The molecule has 140 valence electrons. The number of amides is 1. The van der Waals surface area contributed by atoms with E-state index in [0.717, 1.165) is 36.9 Å². The van der Waals surface area contributed by atoms with Crippen LogP contribution in [0.2, 0.25) is 0 Å². The van der Waals surface area contributed by atoms with Crippen molar-refractivity contribution in [2.45, 2.75) is 46.5 Å². The van der Waals surface area contributed by atoms with Gasteiger partial charge in [-0.25, -0.2) is 0 Å². The van der Waals surface area contributed by atoms with E-state index in [1.807, 2.05) is 24.3 Å². The molecule has 1 aliphatic carbocycles. The number of carbonyl (C=O) groups excluding carboxylic acids is 1. The first kappa shape index (κ1) is 18.8. The molecule has 1 aliphatic rings. The first-order chi connectivity index (χ1) is 12.4. The molecule has 0 unspecified atom stereocenters. The predicted octanol–water partition coefficient (Wildman–Crippen LogP) is 5.13. The van der Waals surface area contributed by atoms with Gasteiger partial charge in [-0.1, -0.05) is 33.3 Å². The second-order valence-corrected chi connectivity index (χ2v) is 8.85. The summed E-state index contributed by atoms with van der Waals surface area (Å²) in [6, 6.07) is 7.38. The van der Waals surface area contributed by atoms with Gasteiger partial charge in [-0.15, -0.1) is 11.3 Å². The van der Waals surface area contributed by atoms with Crippen molar-refractivity contribution in [2.24, 2.45) is 11.3 Å². The van der Waals surface area contributed by atoms with E-state index in [4.69, 9.17) is 10.5 Å². The number of anilines is 2. The number of nitrogens with two attached hydrogens (primary N) is 1. The van der Waals surface area contributed by atoms with Crippen LogP contribution in [-0.2, 0) is 12.8 Å². The van der Waals surface area contributed by atoms with Crippen LogP contribution in [0.3, 0.4) is 0 Å². The van der Waals surface area contributed by atoms with Crippen molar-refractivity contribution in [3.05, 3.63) is 40.3 Å². The van der Waals surface area contributed by atoms with E-state index in [9.17, 15) is 4.79 Å². The summed E-state index contributed by atoms with van der Waals surface area (Å²) in [5.41, 5.74) is 9.10. The summed E-state index contributed by atoms with van der Waals surface area (Å²) in [6.45, 7) is 6.94. The SMILES string of the molecule is CCC(C)(C)[C@@H]1CCc2c(sc(N)c2C(=O)Nc2cccc(OC)c2)C1. The summed E-state index contributed by atoms with van der Waals surface area (Å²) in [5, 5.41) is 3.60. The smallest absolute Gasteiger partial charge is 0.258 e. The lowest BCUT2D eigenvalue weighted by molar-refractivity contribution is 0.102. The van der Waals surface area contributed by atoms with Crippen LogP contribution in [0.15, 0.2) is 24.3 Å². The third-order valence-electron chi connectivity index (χ3n) is 5.86. The second-order valence-electron chi connectivity index (χ2n) is 7.71. The minimum atomic E-state index is -0.124. The number of nitrogen functional groups attached to an aromatic ring is 1.